The van der Waals surface area contributed by atoms with E-state index in [0.29, 0.717) is 34.9 Å². The molecule has 1 heterocycles. The van der Waals surface area contributed by atoms with Crippen LogP contribution in [0.2, 0.25) is 0 Å². The van der Waals surface area contributed by atoms with E-state index in [-0.39, 0.29) is 18.2 Å². The Hall–Kier alpha value is -4.19. The number of carbonyl (C=O) groups excluding carboxylic acids is 2. The van der Waals surface area contributed by atoms with Gasteiger partial charge in [0.15, 0.2) is 0 Å². The molecule has 0 bridgehead atoms. The zero-order valence-corrected chi connectivity index (χ0v) is 22.9. The van der Waals surface area contributed by atoms with Gasteiger partial charge in [0.05, 0.1) is 12.2 Å². The molecule has 0 radical (unpaired) electrons. The number of ether oxygens (including phenoxy) is 1. The van der Waals surface area contributed by atoms with Crippen molar-refractivity contribution < 1.29 is 27.5 Å². The molecule has 0 saturated heterocycles. The number of rotatable bonds is 16. The molecule has 0 aliphatic rings. The summed E-state index contributed by atoms with van der Waals surface area (Å²) in [6, 6.07) is 13.7. The summed E-state index contributed by atoms with van der Waals surface area (Å²) in [4.78, 5) is 33.2. The van der Waals surface area contributed by atoms with Crippen LogP contribution in [0.5, 0.6) is 5.75 Å². The third-order valence-electron chi connectivity index (χ3n) is 6.03. The first-order valence-corrected chi connectivity index (χ1v) is 13.5. The van der Waals surface area contributed by atoms with Crippen molar-refractivity contribution in [2.45, 2.75) is 44.9 Å². The molecule has 3 rings (SSSR count). The smallest absolute Gasteiger partial charge is 0.406 e. The minimum atomic E-state index is -4.76. The molecule has 41 heavy (non-hydrogen) atoms. The second-order valence-corrected chi connectivity index (χ2v) is 9.32. The highest BCUT2D eigenvalue weighted by Gasteiger charge is 2.30. The molecule has 12 heteroatoms. The minimum absolute atomic E-state index is 0.124. The van der Waals surface area contributed by atoms with Crippen LogP contribution in [0.3, 0.4) is 0 Å². The Kier molecular flexibility index (Phi) is 12.4. The van der Waals surface area contributed by atoms with Crippen molar-refractivity contribution in [2.75, 3.05) is 32.0 Å². The Bertz CT molecular complexity index is 1260. The lowest BCUT2D eigenvalue weighted by Crippen LogP contribution is -2.37. The molecule has 220 valence electrons. The van der Waals surface area contributed by atoms with Gasteiger partial charge in [-0.3, -0.25) is 9.59 Å². The number of hydrogen-bond donors (Lipinski definition) is 4. The number of aromatic nitrogens is 2. The number of nitrogens with one attached hydrogen (secondary N) is 4. The van der Waals surface area contributed by atoms with Crippen molar-refractivity contribution in [3.8, 4) is 17.0 Å². The van der Waals surface area contributed by atoms with Crippen molar-refractivity contribution >= 4 is 23.3 Å². The second kappa shape index (κ2) is 16.2. The molecule has 9 nitrogen and oxygen atoms in total. The van der Waals surface area contributed by atoms with Crippen LogP contribution in [0, 0.1) is 0 Å². The van der Waals surface area contributed by atoms with E-state index < -0.39 is 12.3 Å². The van der Waals surface area contributed by atoms with Crippen molar-refractivity contribution in [2.24, 2.45) is 0 Å². The molecule has 0 fully saturated rings. The van der Waals surface area contributed by atoms with Crippen LogP contribution in [-0.2, 0) is 4.79 Å². The third-order valence-corrected chi connectivity index (χ3v) is 6.03. The number of benzene rings is 2. The van der Waals surface area contributed by atoms with Gasteiger partial charge >= 0.3 is 6.36 Å². The molecule has 0 aliphatic carbocycles. The number of anilines is 2. The normalized spacial score (nSPS) is 11.1. The maximum absolute atomic E-state index is 12.7. The van der Waals surface area contributed by atoms with Gasteiger partial charge in [0, 0.05) is 29.4 Å². The van der Waals surface area contributed by atoms with E-state index in [0.717, 1.165) is 25.8 Å². The van der Waals surface area contributed by atoms with E-state index >= 15 is 0 Å². The lowest BCUT2D eigenvalue weighted by Gasteiger charge is -2.11. The highest BCUT2D eigenvalue weighted by atomic mass is 19.4. The monoisotopic (exact) mass is 572 g/mol. The fraction of sp³-hybridized carbons (Fsp3) is 0.379. The molecule has 1 aromatic heterocycles. The maximum Gasteiger partial charge on any atom is 0.573 e. The number of carbonyl (C=O) groups is 2. The number of halogens is 3. The average Bonchev–Trinajstić information content (AvgIpc) is 2.95. The zero-order valence-electron chi connectivity index (χ0n) is 22.9. The van der Waals surface area contributed by atoms with Crippen LogP contribution in [-0.4, -0.2) is 54.8 Å². The summed E-state index contributed by atoms with van der Waals surface area (Å²) in [6.45, 7) is 1.50. The summed E-state index contributed by atoms with van der Waals surface area (Å²) in [5.41, 5.74) is 2.03. The van der Waals surface area contributed by atoms with E-state index in [4.69, 9.17) is 0 Å². The first-order valence-electron chi connectivity index (χ1n) is 13.5. The second-order valence-electron chi connectivity index (χ2n) is 9.32. The SMILES string of the molecule is CNCCCCCCCCNC(=O)CNC(=O)c1cccc(-c2cc(Nc3ccc(OC(F)(F)F)cc3)ncn2)c1. The van der Waals surface area contributed by atoms with Crippen molar-refractivity contribution in [1.29, 1.82) is 0 Å². The average molecular weight is 573 g/mol. The van der Waals surface area contributed by atoms with E-state index in [9.17, 15) is 22.8 Å². The summed E-state index contributed by atoms with van der Waals surface area (Å²) >= 11 is 0. The fourth-order valence-electron chi connectivity index (χ4n) is 3.98. The Morgan fingerprint density at radius 2 is 1.56 bits per heavy atom. The van der Waals surface area contributed by atoms with Gasteiger partial charge in [-0.2, -0.15) is 0 Å². The van der Waals surface area contributed by atoms with Crippen molar-refractivity contribution in [3.63, 3.8) is 0 Å². The van der Waals surface area contributed by atoms with Crippen LogP contribution in [0.25, 0.3) is 11.3 Å². The number of hydrogen-bond acceptors (Lipinski definition) is 7. The van der Waals surface area contributed by atoms with Crippen LogP contribution < -0.4 is 26.0 Å². The van der Waals surface area contributed by atoms with Crippen LogP contribution in [0.15, 0.2) is 60.9 Å². The summed E-state index contributed by atoms with van der Waals surface area (Å²) < 4.78 is 41.0. The topological polar surface area (TPSA) is 117 Å². The van der Waals surface area contributed by atoms with Crippen molar-refractivity contribution in [1.82, 2.24) is 25.9 Å². The molecular weight excluding hydrogens is 537 g/mol. The standard InChI is InChI=1S/C29H35F3N6O3/c1-33-15-6-4-2-3-5-7-16-34-27(39)19-35-28(40)22-10-8-9-21(17-22)25-18-26(37-20-36-25)38-23-11-13-24(14-12-23)41-29(30,31)32/h8-14,17-18,20,33H,2-7,15-16,19H2,1H3,(H,34,39)(H,35,40)(H,36,37,38). The number of amides is 2. The van der Waals surface area contributed by atoms with Crippen LogP contribution in [0.1, 0.15) is 48.9 Å². The predicted octanol–water partition coefficient (Wildman–Crippen LogP) is 5.19. The third kappa shape index (κ3) is 11.8. The number of nitrogens with zero attached hydrogens (tertiary/aromatic N) is 2. The Morgan fingerprint density at radius 1 is 0.854 bits per heavy atom. The van der Waals surface area contributed by atoms with E-state index in [2.05, 4.69) is 36.0 Å². The molecule has 4 N–H and O–H groups in total. The summed E-state index contributed by atoms with van der Waals surface area (Å²) in [6.07, 6.45) is 3.25. The van der Waals surface area contributed by atoms with Gasteiger partial charge in [-0.05, 0) is 62.8 Å². The fourth-order valence-corrected chi connectivity index (χ4v) is 3.98. The molecule has 3 aromatic rings. The largest absolute Gasteiger partial charge is 0.573 e. The predicted molar refractivity (Wildman–Crippen MR) is 151 cm³/mol. The van der Waals surface area contributed by atoms with Gasteiger partial charge in [0.1, 0.15) is 17.9 Å². The van der Waals surface area contributed by atoms with Crippen LogP contribution >= 0.6 is 0 Å². The van der Waals surface area contributed by atoms with Gasteiger partial charge in [-0.15, -0.1) is 13.2 Å². The highest BCUT2D eigenvalue weighted by Crippen LogP contribution is 2.26. The lowest BCUT2D eigenvalue weighted by atomic mass is 10.1. The maximum atomic E-state index is 12.7. The van der Waals surface area contributed by atoms with Gasteiger partial charge in [-0.25, -0.2) is 9.97 Å². The Labute approximate surface area is 237 Å². The van der Waals surface area contributed by atoms with E-state index in [1.165, 1.54) is 49.9 Å². The molecular formula is C29H35F3N6O3. The zero-order chi connectivity index (χ0) is 29.5. The van der Waals surface area contributed by atoms with Gasteiger partial charge in [-0.1, -0.05) is 37.8 Å². The van der Waals surface area contributed by atoms with Crippen LogP contribution in [0.4, 0.5) is 24.7 Å². The van der Waals surface area contributed by atoms with E-state index in [1.54, 1.807) is 30.3 Å². The highest BCUT2D eigenvalue weighted by molar-refractivity contribution is 5.97. The molecule has 0 atom stereocenters. The summed E-state index contributed by atoms with van der Waals surface area (Å²) in [7, 11) is 1.95. The molecule has 0 unspecified atom stereocenters. The quantitative estimate of drug-likeness (QED) is 0.175. The molecule has 2 amide bonds. The molecule has 0 spiro atoms. The summed E-state index contributed by atoms with van der Waals surface area (Å²) in [5.74, 6) is -0.564. The van der Waals surface area contributed by atoms with Crippen molar-refractivity contribution in [3.05, 3.63) is 66.5 Å². The first-order chi connectivity index (χ1) is 19.7. The van der Waals surface area contributed by atoms with Gasteiger partial charge in [0.25, 0.3) is 5.91 Å². The number of unbranched alkanes of at least 4 members (excludes halogenated alkanes) is 5. The lowest BCUT2D eigenvalue weighted by molar-refractivity contribution is -0.274. The Balaban J connectivity index is 1.46. The van der Waals surface area contributed by atoms with Gasteiger partial charge < -0.3 is 26.0 Å². The molecule has 2 aromatic carbocycles. The number of alkyl halides is 3. The Morgan fingerprint density at radius 3 is 2.27 bits per heavy atom. The van der Waals surface area contributed by atoms with E-state index in [1.807, 2.05) is 7.05 Å². The summed E-state index contributed by atoms with van der Waals surface area (Å²) in [5, 5.41) is 11.6. The van der Waals surface area contributed by atoms with Gasteiger partial charge in [0.2, 0.25) is 5.91 Å². The first kappa shape index (κ1) is 31.3. The minimum Gasteiger partial charge on any atom is -0.406 e. The molecule has 0 saturated carbocycles. The molecule has 0 aliphatic heterocycles.